The Kier molecular flexibility index (Phi) is 5.28. The van der Waals surface area contributed by atoms with Crippen LogP contribution in [0.15, 0.2) is 33.9 Å². The molecular formula is C15H17F2N3O3. The Labute approximate surface area is 130 Å². The molecule has 0 radical (unpaired) electrons. The van der Waals surface area contributed by atoms with E-state index in [0.29, 0.717) is 13.0 Å². The highest BCUT2D eigenvalue weighted by atomic mass is 19.1. The van der Waals surface area contributed by atoms with E-state index in [2.05, 4.69) is 5.32 Å². The molecule has 2 N–H and O–H groups in total. The van der Waals surface area contributed by atoms with Crippen molar-refractivity contribution in [3.8, 4) is 0 Å². The molecule has 0 aliphatic carbocycles. The molecule has 0 atom stereocenters. The Hall–Kier alpha value is -2.48. The topological polar surface area (TPSA) is 76.3 Å². The number of nitrogens with zero attached hydrogens (tertiary/aromatic N) is 2. The van der Waals surface area contributed by atoms with Gasteiger partial charge in [0.25, 0.3) is 5.56 Å². The van der Waals surface area contributed by atoms with Crippen LogP contribution in [0.5, 0.6) is 0 Å². The second kappa shape index (κ2) is 7.19. The van der Waals surface area contributed by atoms with Gasteiger partial charge in [0.2, 0.25) is 0 Å². The molecule has 0 amide bonds. The van der Waals surface area contributed by atoms with Gasteiger partial charge in [0.1, 0.15) is 17.5 Å². The molecule has 1 aromatic carbocycles. The van der Waals surface area contributed by atoms with Gasteiger partial charge in [-0.3, -0.25) is 13.9 Å². The summed E-state index contributed by atoms with van der Waals surface area (Å²) in [4.78, 5) is 24.0. The molecule has 0 unspecified atom stereocenters. The van der Waals surface area contributed by atoms with Crippen LogP contribution in [0.2, 0.25) is 0 Å². The Morgan fingerprint density at radius 2 is 1.96 bits per heavy atom. The Bertz CT molecular complexity index is 815. The van der Waals surface area contributed by atoms with E-state index in [0.717, 1.165) is 16.7 Å². The van der Waals surface area contributed by atoms with Crippen LogP contribution in [0, 0.1) is 11.6 Å². The molecule has 0 fully saturated rings. The van der Waals surface area contributed by atoms with Gasteiger partial charge in [0.15, 0.2) is 0 Å². The van der Waals surface area contributed by atoms with Crippen molar-refractivity contribution in [1.29, 1.82) is 0 Å². The molecule has 0 saturated carbocycles. The zero-order valence-electron chi connectivity index (χ0n) is 12.6. The van der Waals surface area contributed by atoms with Crippen LogP contribution in [-0.2, 0) is 13.6 Å². The lowest BCUT2D eigenvalue weighted by molar-refractivity contribution is 0.292. The van der Waals surface area contributed by atoms with Crippen molar-refractivity contribution in [3.63, 3.8) is 0 Å². The summed E-state index contributed by atoms with van der Waals surface area (Å²) in [5.74, 6) is -1.26. The minimum atomic E-state index is -0.771. The maximum absolute atomic E-state index is 13.8. The van der Waals surface area contributed by atoms with E-state index in [1.54, 1.807) is 0 Å². The van der Waals surface area contributed by atoms with Crippen LogP contribution >= 0.6 is 0 Å². The SMILES string of the molecule is Cn1c(=O)cc(NCCCO)n(Cc2ccc(F)cc2F)c1=O. The van der Waals surface area contributed by atoms with E-state index in [4.69, 9.17) is 5.11 Å². The minimum absolute atomic E-state index is 0.0470. The first-order valence-corrected chi connectivity index (χ1v) is 7.03. The summed E-state index contributed by atoms with van der Waals surface area (Å²) in [7, 11) is 1.32. The average Bonchev–Trinajstić information content (AvgIpc) is 2.51. The van der Waals surface area contributed by atoms with Crippen molar-refractivity contribution in [1.82, 2.24) is 9.13 Å². The van der Waals surface area contributed by atoms with E-state index in [-0.39, 0.29) is 24.5 Å². The third-order valence-electron chi connectivity index (χ3n) is 3.38. The van der Waals surface area contributed by atoms with Crippen molar-refractivity contribution in [3.05, 3.63) is 62.3 Å². The lowest BCUT2D eigenvalue weighted by Gasteiger charge is -2.15. The first-order valence-electron chi connectivity index (χ1n) is 7.03. The van der Waals surface area contributed by atoms with Crippen molar-refractivity contribution in [2.45, 2.75) is 13.0 Å². The van der Waals surface area contributed by atoms with Crippen LogP contribution in [-0.4, -0.2) is 27.4 Å². The molecule has 23 heavy (non-hydrogen) atoms. The van der Waals surface area contributed by atoms with Crippen LogP contribution in [0.1, 0.15) is 12.0 Å². The molecule has 0 spiro atoms. The molecule has 0 bridgehead atoms. The van der Waals surface area contributed by atoms with Crippen molar-refractivity contribution in [2.75, 3.05) is 18.5 Å². The fraction of sp³-hybridized carbons (Fsp3) is 0.333. The van der Waals surface area contributed by atoms with Gasteiger partial charge < -0.3 is 10.4 Å². The van der Waals surface area contributed by atoms with Crippen LogP contribution in [0.25, 0.3) is 0 Å². The van der Waals surface area contributed by atoms with Crippen LogP contribution < -0.4 is 16.6 Å². The second-order valence-electron chi connectivity index (χ2n) is 5.04. The largest absolute Gasteiger partial charge is 0.396 e. The molecule has 6 nitrogen and oxygen atoms in total. The Balaban J connectivity index is 2.44. The maximum Gasteiger partial charge on any atom is 0.332 e. The molecule has 0 aliphatic rings. The highest BCUT2D eigenvalue weighted by Gasteiger charge is 2.12. The van der Waals surface area contributed by atoms with Gasteiger partial charge in [-0.25, -0.2) is 13.6 Å². The number of hydrogen-bond donors (Lipinski definition) is 2. The number of nitrogens with one attached hydrogen (secondary N) is 1. The zero-order valence-corrected chi connectivity index (χ0v) is 12.6. The number of rotatable bonds is 6. The van der Waals surface area contributed by atoms with Crippen LogP contribution in [0.4, 0.5) is 14.6 Å². The van der Waals surface area contributed by atoms with Crippen molar-refractivity contribution in [2.24, 2.45) is 7.05 Å². The number of hydrogen-bond acceptors (Lipinski definition) is 4. The lowest BCUT2D eigenvalue weighted by Crippen LogP contribution is -2.39. The molecule has 1 aromatic heterocycles. The van der Waals surface area contributed by atoms with E-state index in [1.807, 2.05) is 0 Å². The van der Waals surface area contributed by atoms with Gasteiger partial charge in [0, 0.05) is 37.9 Å². The number of aromatic nitrogens is 2. The third kappa shape index (κ3) is 3.84. The van der Waals surface area contributed by atoms with Gasteiger partial charge in [-0.2, -0.15) is 0 Å². The highest BCUT2D eigenvalue weighted by Crippen LogP contribution is 2.12. The predicted octanol–water partition coefficient (Wildman–Crippen LogP) is 0.668. The molecule has 124 valence electrons. The number of halogens is 2. The summed E-state index contributed by atoms with van der Waals surface area (Å²) in [6, 6.07) is 4.31. The minimum Gasteiger partial charge on any atom is -0.396 e. The number of aliphatic hydroxyl groups is 1. The lowest BCUT2D eigenvalue weighted by atomic mass is 10.2. The van der Waals surface area contributed by atoms with Gasteiger partial charge >= 0.3 is 5.69 Å². The molecule has 0 aliphatic heterocycles. The molecule has 2 rings (SSSR count). The molecule has 0 saturated heterocycles. The van der Waals surface area contributed by atoms with Gasteiger partial charge in [-0.1, -0.05) is 6.07 Å². The van der Waals surface area contributed by atoms with Crippen molar-refractivity contribution >= 4 is 5.82 Å². The fourth-order valence-corrected chi connectivity index (χ4v) is 2.09. The molecular weight excluding hydrogens is 308 g/mol. The smallest absolute Gasteiger partial charge is 0.332 e. The van der Waals surface area contributed by atoms with Gasteiger partial charge in [-0.15, -0.1) is 0 Å². The standard InChI is InChI=1S/C15H17F2N3O3/c1-19-14(22)8-13(18-5-2-6-21)20(15(19)23)9-10-3-4-11(16)7-12(10)17/h3-4,7-8,18,21H,2,5-6,9H2,1H3. The molecule has 8 heteroatoms. The van der Waals surface area contributed by atoms with Crippen LogP contribution in [0.3, 0.4) is 0 Å². The summed E-state index contributed by atoms with van der Waals surface area (Å²) in [6.07, 6.45) is 0.425. The third-order valence-corrected chi connectivity index (χ3v) is 3.38. The van der Waals surface area contributed by atoms with Crippen molar-refractivity contribution < 1.29 is 13.9 Å². The van der Waals surface area contributed by atoms with Gasteiger partial charge in [-0.05, 0) is 12.5 Å². The predicted molar refractivity (Wildman–Crippen MR) is 81.6 cm³/mol. The highest BCUT2D eigenvalue weighted by molar-refractivity contribution is 5.35. The normalized spacial score (nSPS) is 10.8. The molecule has 2 aromatic rings. The summed E-state index contributed by atoms with van der Waals surface area (Å²) < 4.78 is 28.9. The maximum atomic E-state index is 13.8. The fourth-order valence-electron chi connectivity index (χ4n) is 2.09. The summed E-state index contributed by atoms with van der Waals surface area (Å²) in [6.45, 7) is 0.143. The first kappa shape index (κ1) is 16.9. The van der Waals surface area contributed by atoms with E-state index in [9.17, 15) is 18.4 Å². The van der Waals surface area contributed by atoms with E-state index < -0.39 is 22.9 Å². The average molecular weight is 325 g/mol. The monoisotopic (exact) mass is 325 g/mol. The zero-order chi connectivity index (χ0) is 17.0. The summed E-state index contributed by atoms with van der Waals surface area (Å²) in [5, 5.41) is 11.7. The quantitative estimate of drug-likeness (QED) is 0.766. The number of benzene rings is 1. The Morgan fingerprint density at radius 3 is 2.61 bits per heavy atom. The first-order chi connectivity index (χ1) is 10.9. The summed E-state index contributed by atoms with van der Waals surface area (Å²) >= 11 is 0. The van der Waals surface area contributed by atoms with E-state index >= 15 is 0 Å². The summed E-state index contributed by atoms with van der Waals surface area (Å²) in [5.41, 5.74) is -0.998. The number of anilines is 1. The Morgan fingerprint density at radius 1 is 1.22 bits per heavy atom. The second-order valence-corrected chi connectivity index (χ2v) is 5.04. The molecule has 1 heterocycles. The van der Waals surface area contributed by atoms with E-state index in [1.165, 1.54) is 23.7 Å². The van der Waals surface area contributed by atoms with Gasteiger partial charge in [0.05, 0.1) is 6.54 Å². The number of aliphatic hydroxyl groups excluding tert-OH is 1.